The van der Waals surface area contributed by atoms with Crippen molar-refractivity contribution in [2.24, 2.45) is 0 Å². The molecule has 0 aliphatic rings. The summed E-state index contributed by atoms with van der Waals surface area (Å²) in [5, 5.41) is 8.02. The van der Waals surface area contributed by atoms with Gasteiger partial charge in [-0.3, -0.25) is 14.9 Å². The topological polar surface area (TPSA) is 80.3 Å². The first-order chi connectivity index (χ1) is 14.1. The molecule has 2 amide bonds. The first-order valence-corrected chi connectivity index (χ1v) is 10.2. The predicted molar refractivity (Wildman–Crippen MR) is 115 cm³/mol. The highest BCUT2D eigenvalue weighted by Crippen LogP contribution is 2.25. The van der Waals surface area contributed by atoms with E-state index in [9.17, 15) is 9.59 Å². The maximum absolute atomic E-state index is 12.0. The molecule has 0 radical (unpaired) electrons. The van der Waals surface area contributed by atoms with Crippen molar-refractivity contribution in [3.63, 3.8) is 0 Å². The summed E-state index contributed by atoms with van der Waals surface area (Å²) in [6.45, 7) is 2.14. The molecule has 0 spiro atoms. The second-order valence-corrected chi connectivity index (χ2v) is 7.33. The number of carbonyl (C=O) groups excluding carboxylic acids is 2. The molecule has 0 fully saturated rings. The van der Waals surface area contributed by atoms with Gasteiger partial charge in [-0.25, -0.2) is 4.98 Å². The minimum Gasteiger partial charge on any atom is -0.484 e. The second-order valence-electron chi connectivity index (χ2n) is 6.47. The van der Waals surface area contributed by atoms with Crippen molar-refractivity contribution in [3.05, 3.63) is 65.5 Å². The van der Waals surface area contributed by atoms with Gasteiger partial charge in [-0.05, 0) is 30.5 Å². The van der Waals surface area contributed by atoms with Gasteiger partial charge in [-0.15, -0.1) is 11.3 Å². The Labute approximate surface area is 173 Å². The molecule has 0 aliphatic carbocycles. The van der Waals surface area contributed by atoms with Crippen LogP contribution in [0, 0.1) is 0 Å². The average Bonchev–Trinajstić information content (AvgIpc) is 3.19. The lowest BCUT2D eigenvalue weighted by Crippen LogP contribution is -2.21. The Morgan fingerprint density at radius 3 is 2.55 bits per heavy atom. The normalized spacial score (nSPS) is 10.4. The quantitative estimate of drug-likeness (QED) is 0.526. The molecule has 2 N–H and O–H groups in total. The Balaban J connectivity index is 1.48. The van der Waals surface area contributed by atoms with E-state index in [1.165, 1.54) is 23.8 Å². The average molecular weight is 410 g/mol. The number of benzene rings is 2. The van der Waals surface area contributed by atoms with Crippen molar-refractivity contribution in [3.8, 4) is 17.0 Å². The van der Waals surface area contributed by atoms with Crippen molar-refractivity contribution in [2.75, 3.05) is 18.5 Å². The Bertz CT molecular complexity index is 939. The van der Waals surface area contributed by atoms with Crippen LogP contribution in [-0.4, -0.2) is 29.9 Å². The van der Waals surface area contributed by atoms with Gasteiger partial charge in [0.05, 0.1) is 5.69 Å². The Morgan fingerprint density at radius 2 is 1.83 bits per heavy atom. The number of aryl methyl sites for hydroxylation is 1. The first kappa shape index (κ1) is 20.5. The van der Waals surface area contributed by atoms with Gasteiger partial charge in [-0.1, -0.05) is 42.5 Å². The van der Waals surface area contributed by atoms with E-state index in [4.69, 9.17) is 4.74 Å². The van der Waals surface area contributed by atoms with Gasteiger partial charge < -0.3 is 10.1 Å². The van der Waals surface area contributed by atoms with Crippen LogP contribution < -0.4 is 15.4 Å². The highest BCUT2D eigenvalue weighted by Gasteiger charge is 2.09. The largest absolute Gasteiger partial charge is 0.484 e. The second kappa shape index (κ2) is 10.4. The fourth-order valence-electron chi connectivity index (χ4n) is 2.68. The van der Waals surface area contributed by atoms with E-state index in [2.05, 4.69) is 27.8 Å². The number of aromatic nitrogens is 1. The summed E-state index contributed by atoms with van der Waals surface area (Å²) < 4.78 is 5.44. The zero-order valence-electron chi connectivity index (χ0n) is 16.2. The van der Waals surface area contributed by atoms with E-state index in [0.29, 0.717) is 17.4 Å². The van der Waals surface area contributed by atoms with Crippen molar-refractivity contribution in [2.45, 2.75) is 19.8 Å². The van der Waals surface area contributed by atoms with Gasteiger partial charge in [0, 0.05) is 24.4 Å². The summed E-state index contributed by atoms with van der Waals surface area (Å²) >= 11 is 1.38. The zero-order valence-corrected chi connectivity index (χ0v) is 17.0. The number of hydrogen-bond donors (Lipinski definition) is 2. The molecule has 3 rings (SSSR count). The van der Waals surface area contributed by atoms with Crippen molar-refractivity contribution in [1.29, 1.82) is 0 Å². The van der Waals surface area contributed by atoms with Crippen LogP contribution in [0.3, 0.4) is 0 Å². The summed E-state index contributed by atoms with van der Waals surface area (Å²) in [6.07, 6.45) is 1.80. The van der Waals surface area contributed by atoms with Crippen LogP contribution >= 0.6 is 11.3 Å². The molecule has 1 heterocycles. The van der Waals surface area contributed by atoms with Crippen LogP contribution in [0.25, 0.3) is 11.3 Å². The zero-order chi connectivity index (χ0) is 20.5. The SMILES string of the molecule is CC(=O)NCCCc1ccc(-c2csc(NC(=O)COc3ccccc3)n2)cc1. The number of rotatable bonds is 9. The first-order valence-electron chi connectivity index (χ1n) is 9.37. The van der Waals surface area contributed by atoms with Gasteiger partial charge in [0.1, 0.15) is 5.75 Å². The van der Waals surface area contributed by atoms with Crippen LogP contribution in [0.1, 0.15) is 18.9 Å². The third kappa shape index (κ3) is 6.73. The van der Waals surface area contributed by atoms with Crippen molar-refractivity contribution in [1.82, 2.24) is 10.3 Å². The lowest BCUT2D eigenvalue weighted by atomic mass is 10.1. The van der Waals surface area contributed by atoms with Crippen molar-refractivity contribution >= 4 is 28.3 Å². The minimum atomic E-state index is -0.246. The fraction of sp³-hybridized carbons (Fsp3) is 0.227. The van der Waals surface area contributed by atoms with E-state index >= 15 is 0 Å². The van der Waals surface area contributed by atoms with E-state index in [1.54, 1.807) is 12.1 Å². The number of nitrogens with one attached hydrogen (secondary N) is 2. The molecule has 6 nitrogen and oxygen atoms in total. The molecule has 0 atom stereocenters. The molecule has 3 aromatic rings. The molecule has 1 aromatic heterocycles. The van der Waals surface area contributed by atoms with Crippen LogP contribution in [-0.2, 0) is 16.0 Å². The summed E-state index contributed by atoms with van der Waals surface area (Å²) in [6, 6.07) is 17.4. The Hall–Kier alpha value is -3.19. The van der Waals surface area contributed by atoms with E-state index in [0.717, 1.165) is 24.1 Å². The fourth-order valence-corrected chi connectivity index (χ4v) is 3.42. The van der Waals surface area contributed by atoms with Gasteiger partial charge in [0.15, 0.2) is 11.7 Å². The molecule has 150 valence electrons. The summed E-state index contributed by atoms with van der Waals surface area (Å²) in [5.41, 5.74) is 3.02. The smallest absolute Gasteiger partial charge is 0.264 e. The molecular weight excluding hydrogens is 386 g/mol. The highest BCUT2D eigenvalue weighted by molar-refractivity contribution is 7.14. The van der Waals surface area contributed by atoms with Crippen LogP contribution in [0.2, 0.25) is 0 Å². The number of carbonyl (C=O) groups is 2. The molecule has 0 saturated carbocycles. The van der Waals surface area contributed by atoms with Crippen LogP contribution in [0.15, 0.2) is 60.0 Å². The molecule has 2 aromatic carbocycles. The standard InChI is InChI=1S/C22H23N3O3S/c1-16(26)23-13-5-6-17-9-11-18(12-10-17)20-15-29-22(24-20)25-21(27)14-28-19-7-3-2-4-8-19/h2-4,7-12,15H,5-6,13-14H2,1H3,(H,23,26)(H,24,25,27). The lowest BCUT2D eigenvalue weighted by Gasteiger charge is -2.05. The highest BCUT2D eigenvalue weighted by atomic mass is 32.1. The van der Waals surface area contributed by atoms with E-state index in [1.807, 2.05) is 35.7 Å². The Morgan fingerprint density at radius 1 is 1.07 bits per heavy atom. The molecule has 0 bridgehead atoms. The molecule has 0 unspecified atom stereocenters. The molecule has 0 saturated heterocycles. The molecule has 29 heavy (non-hydrogen) atoms. The maximum Gasteiger partial charge on any atom is 0.264 e. The van der Waals surface area contributed by atoms with Gasteiger partial charge in [0.2, 0.25) is 5.91 Å². The summed E-state index contributed by atoms with van der Waals surface area (Å²) in [7, 11) is 0. The number of anilines is 1. The molecular formula is C22H23N3O3S. The Kier molecular flexibility index (Phi) is 7.35. The third-order valence-corrected chi connectivity index (χ3v) is 4.89. The van der Waals surface area contributed by atoms with Gasteiger partial charge >= 0.3 is 0 Å². The molecule has 0 aliphatic heterocycles. The number of thiazole rings is 1. The lowest BCUT2D eigenvalue weighted by molar-refractivity contribution is -0.119. The maximum atomic E-state index is 12.0. The van der Waals surface area contributed by atoms with Gasteiger partial charge in [-0.2, -0.15) is 0 Å². The number of hydrogen-bond acceptors (Lipinski definition) is 5. The number of ether oxygens (including phenoxy) is 1. The monoisotopic (exact) mass is 409 g/mol. The van der Waals surface area contributed by atoms with Crippen molar-refractivity contribution < 1.29 is 14.3 Å². The molecule has 7 heteroatoms. The number of para-hydroxylation sites is 1. The van der Waals surface area contributed by atoms with Crippen LogP contribution in [0.4, 0.5) is 5.13 Å². The van der Waals surface area contributed by atoms with E-state index in [-0.39, 0.29) is 18.4 Å². The number of amides is 2. The van der Waals surface area contributed by atoms with Crippen LogP contribution in [0.5, 0.6) is 5.75 Å². The predicted octanol–water partition coefficient (Wildman–Crippen LogP) is 3.90. The summed E-state index contributed by atoms with van der Waals surface area (Å²) in [4.78, 5) is 27.4. The minimum absolute atomic E-state index is 0.00148. The van der Waals surface area contributed by atoms with Gasteiger partial charge in [0.25, 0.3) is 5.91 Å². The van der Waals surface area contributed by atoms with E-state index < -0.39 is 0 Å². The number of nitrogens with zero attached hydrogens (tertiary/aromatic N) is 1. The summed E-state index contributed by atoms with van der Waals surface area (Å²) in [5.74, 6) is 0.405. The third-order valence-electron chi connectivity index (χ3n) is 4.13.